The molecule has 3 aromatic rings. The van der Waals surface area contributed by atoms with Crippen LogP contribution < -0.4 is 4.90 Å². The third kappa shape index (κ3) is 4.60. The largest absolute Gasteiger partial charge is 0.417 e. The van der Waals surface area contributed by atoms with Crippen LogP contribution in [0.15, 0.2) is 48.8 Å². The fourth-order valence-corrected chi connectivity index (χ4v) is 4.07. The smallest absolute Gasteiger partial charge is 0.351 e. The number of nitrogens with one attached hydrogen (secondary N) is 1. The summed E-state index contributed by atoms with van der Waals surface area (Å²) in [6.07, 6.45) is -0.805. The lowest BCUT2D eigenvalue weighted by molar-refractivity contribution is -0.137. The highest BCUT2D eigenvalue weighted by Gasteiger charge is 2.32. The van der Waals surface area contributed by atoms with Gasteiger partial charge in [0.1, 0.15) is 5.82 Å². The molecule has 166 valence electrons. The van der Waals surface area contributed by atoms with E-state index in [1.54, 1.807) is 12.1 Å². The maximum atomic E-state index is 12.8. The summed E-state index contributed by atoms with van der Waals surface area (Å²) in [5.74, 6) is 0.575. The molecule has 1 aliphatic rings. The zero-order valence-corrected chi connectivity index (χ0v) is 17.6. The second kappa shape index (κ2) is 9.01. The van der Waals surface area contributed by atoms with E-state index in [1.807, 2.05) is 18.3 Å². The van der Waals surface area contributed by atoms with Crippen molar-refractivity contribution in [3.8, 4) is 17.3 Å². The molecule has 0 bridgehead atoms. The fourth-order valence-electron chi connectivity index (χ4n) is 4.07. The predicted molar refractivity (Wildman–Crippen MR) is 115 cm³/mol. The number of H-pyrrole nitrogens is 1. The molecule has 1 aliphatic heterocycles. The number of halogens is 3. The standard InChI is InChI=1S/C23H23F3N6/c1-2-20-15-31(9-10-32(20)21-8-7-19(13-28-21)23(24,25)26)14-18-12-29-30-22(18)17-5-3-16(11-27)4-6-17/h3-8,12-13,20H,2,9-10,14-15H2,1H3,(H,29,30). The maximum Gasteiger partial charge on any atom is 0.417 e. The molecule has 1 atom stereocenters. The number of pyridine rings is 1. The number of nitrogens with zero attached hydrogens (tertiary/aromatic N) is 5. The van der Waals surface area contributed by atoms with Crippen LogP contribution in [0.2, 0.25) is 0 Å². The van der Waals surface area contributed by atoms with Gasteiger partial charge in [0, 0.05) is 44.0 Å². The first-order chi connectivity index (χ1) is 15.4. The van der Waals surface area contributed by atoms with E-state index in [-0.39, 0.29) is 6.04 Å². The lowest BCUT2D eigenvalue weighted by Gasteiger charge is -2.42. The van der Waals surface area contributed by atoms with Gasteiger partial charge >= 0.3 is 6.18 Å². The van der Waals surface area contributed by atoms with E-state index >= 15 is 0 Å². The summed E-state index contributed by atoms with van der Waals surface area (Å²) in [5.41, 5.74) is 2.83. The third-order valence-corrected chi connectivity index (χ3v) is 5.82. The van der Waals surface area contributed by atoms with Crippen molar-refractivity contribution in [3.05, 3.63) is 65.5 Å². The van der Waals surface area contributed by atoms with Crippen molar-refractivity contribution in [2.45, 2.75) is 32.1 Å². The number of alkyl halides is 3. The van der Waals surface area contributed by atoms with Gasteiger partial charge in [-0.2, -0.15) is 23.5 Å². The molecule has 1 aromatic carbocycles. The zero-order valence-electron chi connectivity index (χ0n) is 17.6. The topological polar surface area (TPSA) is 71.8 Å². The third-order valence-electron chi connectivity index (χ3n) is 5.82. The summed E-state index contributed by atoms with van der Waals surface area (Å²) in [7, 11) is 0. The summed E-state index contributed by atoms with van der Waals surface area (Å²) in [4.78, 5) is 8.50. The fraction of sp³-hybridized carbons (Fsp3) is 0.348. The molecule has 1 unspecified atom stereocenters. The first kappa shape index (κ1) is 21.8. The van der Waals surface area contributed by atoms with Crippen molar-refractivity contribution in [1.82, 2.24) is 20.1 Å². The molecule has 2 aromatic heterocycles. The summed E-state index contributed by atoms with van der Waals surface area (Å²) >= 11 is 0. The minimum absolute atomic E-state index is 0.151. The quantitative estimate of drug-likeness (QED) is 0.634. The van der Waals surface area contributed by atoms with Crippen LogP contribution in [-0.2, 0) is 12.7 Å². The van der Waals surface area contributed by atoms with Crippen LogP contribution >= 0.6 is 0 Å². The van der Waals surface area contributed by atoms with Crippen LogP contribution in [-0.4, -0.2) is 45.8 Å². The molecule has 4 rings (SSSR count). The Hall–Kier alpha value is -3.38. The van der Waals surface area contributed by atoms with Gasteiger partial charge in [-0.15, -0.1) is 0 Å². The minimum atomic E-state index is -4.38. The number of rotatable bonds is 5. The Kier molecular flexibility index (Phi) is 6.15. The van der Waals surface area contributed by atoms with E-state index in [1.165, 1.54) is 6.07 Å². The highest BCUT2D eigenvalue weighted by Crippen LogP contribution is 2.30. The molecular weight excluding hydrogens is 417 g/mol. The Morgan fingerprint density at radius 1 is 1.12 bits per heavy atom. The van der Waals surface area contributed by atoms with Gasteiger partial charge < -0.3 is 4.90 Å². The van der Waals surface area contributed by atoms with Crippen LogP contribution in [0.5, 0.6) is 0 Å². The van der Waals surface area contributed by atoms with Gasteiger partial charge in [-0.1, -0.05) is 19.1 Å². The SMILES string of the molecule is CCC1CN(Cc2cn[nH]c2-c2ccc(C#N)cc2)CCN1c1ccc(C(F)(F)F)cn1. The van der Waals surface area contributed by atoms with Gasteiger partial charge in [0.25, 0.3) is 0 Å². The Morgan fingerprint density at radius 2 is 1.91 bits per heavy atom. The number of benzene rings is 1. The molecule has 32 heavy (non-hydrogen) atoms. The predicted octanol–water partition coefficient (Wildman–Crippen LogP) is 4.46. The van der Waals surface area contributed by atoms with Crippen molar-refractivity contribution >= 4 is 5.82 Å². The molecule has 0 spiro atoms. The van der Waals surface area contributed by atoms with Gasteiger partial charge in [0.15, 0.2) is 0 Å². The van der Waals surface area contributed by atoms with Crippen molar-refractivity contribution in [2.24, 2.45) is 0 Å². The first-order valence-corrected chi connectivity index (χ1v) is 10.4. The van der Waals surface area contributed by atoms with Gasteiger partial charge in [-0.05, 0) is 36.2 Å². The van der Waals surface area contributed by atoms with E-state index in [4.69, 9.17) is 5.26 Å². The maximum absolute atomic E-state index is 12.8. The Balaban J connectivity index is 1.45. The number of nitriles is 1. The number of anilines is 1. The van der Waals surface area contributed by atoms with Crippen LogP contribution in [0.3, 0.4) is 0 Å². The van der Waals surface area contributed by atoms with E-state index < -0.39 is 11.7 Å². The van der Waals surface area contributed by atoms with Crippen molar-refractivity contribution in [1.29, 1.82) is 5.26 Å². The number of aromatic amines is 1. The Morgan fingerprint density at radius 3 is 2.53 bits per heavy atom. The summed E-state index contributed by atoms with van der Waals surface area (Å²) in [6.45, 7) is 5.00. The Bertz CT molecular complexity index is 1080. The van der Waals surface area contributed by atoms with Crippen LogP contribution in [0, 0.1) is 11.3 Å². The monoisotopic (exact) mass is 440 g/mol. The summed E-state index contributed by atoms with van der Waals surface area (Å²) in [6, 6.07) is 12.2. The molecule has 0 amide bonds. The molecule has 6 nitrogen and oxygen atoms in total. The number of aromatic nitrogens is 3. The molecular formula is C23H23F3N6. The van der Waals surface area contributed by atoms with Crippen molar-refractivity contribution in [3.63, 3.8) is 0 Å². The van der Waals surface area contributed by atoms with Crippen molar-refractivity contribution in [2.75, 3.05) is 24.5 Å². The molecule has 1 saturated heterocycles. The van der Waals surface area contributed by atoms with Crippen LogP contribution in [0.25, 0.3) is 11.3 Å². The zero-order chi connectivity index (χ0) is 22.7. The molecule has 0 radical (unpaired) electrons. The van der Waals surface area contributed by atoms with E-state index in [0.29, 0.717) is 24.5 Å². The van der Waals surface area contributed by atoms with Gasteiger partial charge in [-0.25, -0.2) is 4.98 Å². The Labute approximate surface area is 184 Å². The first-order valence-electron chi connectivity index (χ1n) is 10.4. The van der Waals surface area contributed by atoms with Gasteiger partial charge in [0.05, 0.1) is 29.1 Å². The molecule has 0 aliphatic carbocycles. The summed E-state index contributed by atoms with van der Waals surface area (Å²) in [5, 5.41) is 16.3. The molecule has 1 N–H and O–H groups in total. The number of hydrogen-bond acceptors (Lipinski definition) is 5. The molecule has 3 heterocycles. The highest BCUT2D eigenvalue weighted by atomic mass is 19.4. The lowest BCUT2D eigenvalue weighted by atomic mass is 10.0. The molecule has 1 fully saturated rings. The van der Waals surface area contributed by atoms with E-state index in [0.717, 1.165) is 48.6 Å². The highest BCUT2D eigenvalue weighted by molar-refractivity contribution is 5.63. The average molecular weight is 440 g/mol. The minimum Gasteiger partial charge on any atom is -0.351 e. The normalized spacial score (nSPS) is 17.3. The van der Waals surface area contributed by atoms with Crippen molar-refractivity contribution < 1.29 is 13.2 Å². The second-order valence-electron chi connectivity index (χ2n) is 7.85. The molecule has 9 heteroatoms. The van der Waals surface area contributed by atoms with Crippen LogP contribution in [0.4, 0.5) is 19.0 Å². The van der Waals surface area contributed by atoms with Crippen LogP contribution in [0.1, 0.15) is 30.0 Å². The van der Waals surface area contributed by atoms with Gasteiger partial charge in [-0.3, -0.25) is 10.00 Å². The van der Waals surface area contributed by atoms with E-state index in [2.05, 4.69) is 38.0 Å². The lowest BCUT2D eigenvalue weighted by Crippen LogP contribution is -2.53. The van der Waals surface area contributed by atoms with Gasteiger partial charge in [0.2, 0.25) is 0 Å². The van der Waals surface area contributed by atoms with E-state index in [9.17, 15) is 13.2 Å². The average Bonchev–Trinajstić information content (AvgIpc) is 3.26. The second-order valence-corrected chi connectivity index (χ2v) is 7.85. The molecule has 0 saturated carbocycles. The number of piperazine rings is 1. The summed E-state index contributed by atoms with van der Waals surface area (Å²) < 4.78 is 38.5. The number of hydrogen-bond donors (Lipinski definition) is 1.